The minimum absolute atomic E-state index is 0.435. The first-order valence-electron chi connectivity index (χ1n) is 9.67. The van der Waals surface area contributed by atoms with E-state index in [9.17, 15) is 0 Å². The minimum atomic E-state index is 0.435. The molecule has 2 heterocycles. The molecule has 0 aromatic carbocycles. The molecule has 0 amide bonds. The SMILES string of the molecule is CN=C(NCCCCN1CCCC1)N(C)Cc1cn(C)nc1C(C)C. The van der Waals surface area contributed by atoms with Crippen molar-refractivity contribution in [2.75, 3.05) is 40.3 Å². The van der Waals surface area contributed by atoms with Crippen LogP contribution >= 0.6 is 0 Å². The second-order valence-corrected chi connectivity index (χ2v) is 7.45. The number of guanidine groups is 1. The molecule has 0 bridgehead atoms. The summed E-state index contributed by atoms with van der Waals surface area (Å²) in [5.41, 5.74) is 2.45. The fourth-order valence-corrected chi connectivity index (χ4v) is 3.54. The maximum atomic E-state index is 4.60. The molecule has 1 aromatic rings. The summed E-state index contributed by atoms with van der Waals surface area (Å²) in [5.74, 6) is 1.39. The lowest BCUT2D eigenvalue weighted by Crippen LogP contribution is -2.39. The Morgan fingerprint density at radius 1 is 1.32 bits per heavy atom. The second kappa shape index (κ2) is 9.80. The molecule has 1 aliphatic rings. The van der Waals surface area contributed by atoms with Crippen LogP contribution in [-0.2, 0) is 13.6 Å². The van der Waals surface area contributed by atoms with Crippen molar-refractivity contribution >= 4 is 5.96 Å². The van der Waals surface area contributed by atoms with Crippen LogP contribution in [0.5, 0.6) is 0 Å². The van der Waals surface area contributed by atoms with Gasteiger partial charge in [0.15, 0.2) is 5.96 Å². The minimum Gasteiger partial charge on any atom is -0.356 e. The first-order chi connectivity index (χ1) is 12.0. The van der Waals surface area contributed by atoms with Crippen LogP contribution in [0.15, 0.2) is 11.2 Å². The Hall–Kier alpha value is -1.56. The highest BCUT2D eigenvalue weighted by Crippen LogP contribution is 2.18. The predicted molar refractivity (Wildman–Crippen MR) is 105 cm³/mol. The van der Waals surface area contributed by atoms with Crippen molar-refractivity contribution in [1.82, 2.24) is 24.9 Å². The van der Waals surface area contributed by atoms with E-state index in [1.807, 2.05) is 18.8 Å². The number of aromatic nitrogens is 2. The van der Waals surface area contributed by atoms with Crippen molar-refractivity contribution in [2.45, 2.75) is 52.0 Å². The van der Waals surface area contributed by atoms with E-state index in [-0.39, 0.29) is 0 Å². The molecular formula is C19H36N6. The molecule has 1 aliphatic heterocycles. The standard InChI is InChI=1S/C19H36N6/c1-16(2)18-17(15-24(5)22-18)14-23(4)19(20-3)21-10-6-7-11-25-12-8-9-13-25/h15-16H,6-14H2,1-5H3,(H,20,21). The van der Waals surface area contributed by atoms with Gasteiger partial charge in [-0.2, -0.15) is 5.10 Å². The summed E-state index contributed by atoms with van der Waals surface area (Å²) in [6, 6.07) is 0. The largest absolute Gasteiger partial charge is 0.356 e. The maximum absolute atomic E-state index is 4.60. The van der Waals surface area contributed by atoms with Crippen molar-refractivity contribution in [3.8, 4) is 0 Å². The van der Waals surface area contributed by atoms with Crippen molar-refractivity contribution < 1.29 is 0 Å². The molecule has 0 radical (unpaired) electrons. The van der Waals surface area contributed by atoms with Gasteiger partial charge in [0.2, 0.25) is 0 Å². The zero-order valence-electron chi connectivity index (χ0n) is 16.8. The van der Waals surface area contributed by atoms with Crippen LogP contribution in [0.25, 0.3) is 0 Å². The van der Waals surface area contributed by atoms with Gasteiger partial charge < -0.3 is 15.1 Å². The summed E-state index contributed by atoms with van der Waals surface area (Å²) in [7, 11) is 5.94. The van der Waals surface area contributed by atoms with Crippen LogP contribution in [0.4, 0.5) is 0 Å². The molecule has 1 saturated heterocycles. The molecule has 0 spiro atoms. The molecule has 0 aliphatic carbocycles. The topological polar surface area (TPSA) is 48.7 Å². The van der Waals surface area contributed by atoms with E-state index >= 15 is 0 Å². The van der Waals surface area contributed by atoms with Gasteiger partial charge in [-0.1, -0.05) is 13.8 Å². The summed E-state index contributed by atoms with van der Waals surface area (Å²) in [5, 5.41) is 8.10. The number of rotatable bonds is 8. The third-order valence-corrected chi connectivity index (χ3v) is 4.85. The van der Waals surface area contributed by atoms with E-state index in [2.05, 4.69) is 52.3 Å². The summed E-state index contributed by atoms with van der Waals surface area (Å²) in [4.78, 5) is 9.20. The Morgan fingerprint density at radius 3 is 2.68 bits per heavy atom. The predicted octanol–water partition coefficient (Wildman–Crippen LogP) is 2.43. The summed E-state index contributed by atoms with van der Waals surface area (Å²) < 4.78 is 1.91. The monoisotopic (exact) mass is 348 g/mol. The lowest BCUT2D eigenvalue weighted by atomic mass is 10.1. The maximum Gasteiger partial charge on any atom is 0.193 e. The van der Waals surface area contributed by atoms with Gasteiger partial charge in [-0.15, -0.1) is 0 Å². The quantitative estimate of drug-likeness (QED) is 0.445. The number of hydrogen-bond donors (Lipinski definition) is 1. The van der Waals surface area contributed by atoms with Crippen molar-refractivity contribution in [3.63, 3.8) is 0 Å². The van der Waals surface area contributed by atoms with Crippen molar-refractivity contribution in [2.24, 2.45) is 12.0 Å². The molecule has 6 heteroatoms. The van der Waals surface area contributed by atoms with Gasteiger partial charge in [-0.25, -0.2) is 0 Å². The Labute approximate surface area is 153 Å². The average molecular weight is 349 g/mol. The van der Waals surface area contributed by atoms with E-state index < -0.39 is 0 Å². The average Bonchev–Trinajstić information content (AvgIpc) is 3.20. The van der Waals surface area contributed by atoms with Crippen LogP contribution < -0.4 is 5.32 Å². The number of likely N-dealkylation sites (tertiary alicyclic amines) is 1. The number of unbranched alkanes of at least 4 members (excludes halogenated alkanes) is 1. The first-order valence-corrected chi connectivity index (χ1v) is 9.67. The Balaban J connectivity index is 1.75. The van der Waals surface area contributed by atoms with Crippen LogP contribution in [0.1, 0.15) is 56.7 Å². The number of aliphatic imine (C=N–C) groups is 1. The Kier molecular flexibility index (Phi) is 7.75. The zero-order chi connectivity index (χ0) is 18.2. The van der Waals surface area contributed by atoms with Gasteiger partial charge in [-0.3, -0.25) is 9.67 Å². The fourth-order valence-electron chi connectivity index (χ4n) is 3.54. The number of nitrogens with one attached hydrogen (secondary N) is 1. The molecule has 6 nitrogen and oxygen atoms in total. The normalized spacial score (nSPS) is 16.0. The van der Waals surface area contributed by atoms with Crippen LogP contribution in [0.3, 0.4) is 0 Å². The van der Waals surface area contributed by atoms with Crippen LogP contribution in [-0.4, -0.2) is 65.8 Å². The van der Waals surface area contributed by atoms with E-state index in [0.717, 1.165) is 19.0 Å². The Morgan fingerprint density at radius 2 is 2.04 bits per heavy atom. The third kappa shape index (κ3) is 6.03. The summed E-state index contributed by atoms with van der Waals surface area (Å²) in [6.07, 6.45) is 7.32. The smallest absolute Gasteiger partial charge is 0.193 e. The highest BCUT2D eigenvalue weighted by molar-refractivity contribution is 5.79. The molecule has 25 heavy (non-hydrogen) atoms. The highest BCUT2D eigenvalue weighted by Gasteiger charge is 2.15. The van der Waals surface area contributed by atoms with E-state index in [1.165, 1.54) is 56.6 Å². The van der Waals surface area contributed by atoms with Crippen LogP contribution in [0.2, 0.25) is 0 Å². The molecule has 0 atom stereocenters. The highest BCUT2D eigenvalue weighted by atomic mass is 15.3. The van der Waals surface area contributed by atoms with E-state index in [4.69, 9.17) is 0 Å². The zero-order valence-corrected chi connectivity index (χ0v) is 16.8. The fraction of sp³-hybridized carbons (Fsp3) is 0.789. The molecule has 1 N–H and O–H groups in total. The van der Waals surface area contributed by atoms with Gasteiger partial charge in [0.05, 0.1) is 5.69 Å². The molecule has 1 aromatic heterocycles. The molecule has 0 saturated carbocycles. The molecule has 0 unspecified atom stereocenters. The van der Waals surface area contributed by atoms with Gasteiger partial charge >= 0.3 is 0 Å². The molecular weight excluding hydrogens is 312 g/mol. The number of hydrogen-bond acceptors (Lipinski definition) is 3. The summed E-state index contributed by atoms with van der Waals surface area (Å²) >= 11 is 0. The van der Waals surface area contributed by atoms with Gasteiger partial charge in [0.1, 0.15) is 0 Å². The molecule has 1 fully saturated rings. The number of nitrogens with zero attached hydrogens (tertiary/aromatic N) is 5. The van der Waals surface area contributed by atoms with Crippen LogP contribution in [0, 0.1) is 0 Å². The number of aryl methyl sites for hydroxylation is 1. The van der Waals surface area contributed by atoms with Gasteiger partial charge in [0.25, 0.3) is 0 Å². The van der Waals surface area contributed by atoms with E-state index in [0.29, 0.717) is 5.92 Å². The van der Waals surface area contributed by atoms with Crippen molar-refractivity contribution in [3.05, 3.63) is 17.5 Å². The third-order valence-electron chi connectivity index (χ3n) is 4.85. The van der Waals surface area contributed by atoms with Gasteiger partial charge in [-0.05, 0) is 51.2 Å². The van der Waals surface area contributed by atoms with E-state index in [1.54, 1.807) is 0 Å². The first kappa shape index (κ1) is 19.8. The Bertz CT molecular complexity index is 542. The van der Waals surface area contributed by atoms with Gasteiger partial charge in [0, 0.05) is 46.0 Å². The second-order valence-electron chi connectivity index (χ2n) is 7.45. The lowest BCUT2D eigenvalue weighted by molar-refractivity contribution is 0.330. The van der Waals surface area contributed by atoms with Crippen molar-refractivity contribution in [1.29, 1.82) is 0 Å². The molecule has 2 rings (SSSR count). The molecule has 142 valence electrons. The lowest BCUT2D eigenvalue weighted by Gasteiger charge is -2.22. The summed E-state index contributed by atoms with van der Waals surface area (Å²) in [6.45, 7) is 10.0.